The predicted molar refractivity (Wildman–Crippen MR) is 72.4 cm³/mol. The Morgan fingerprint density at radius 2 is 1.84 bits per heavy atom. The molecule has 0 saturated heterocycles. The van der Waals surface area contributed by atoms with E-state index in [0.29, 0.717) is 6.61 Å². The minimum absolute atomic E-state index is 0.0478. The summed E-state index contributed by atoms with van der Waals surface area (Å²) in [4.78, 5) is 14.6. The monoisotopic (exact) mass is 257 g/mol. The van der Waals surface area contributed by atoms with Crippen LogP contribution in [0.5, 0.6) is 5.75 Å². The molecule has 1 N–H and O–H groups in total. The number of nitrogens with zero attached hydrogens (tertiary/aromatic N) is 1. The van der Waals surface area contributed by atoms with E-state index in [0.717, 1.165) is 23.3 Å². The van der Waals surface area contributed by atoms with Gasteiger partial charge in [0, 0.05) is 11.8 Å². The molecule has 0 aliphatic heterocycles. The first-order chi connectivity index (χ1) is 9.20. The number of carboxylic acid groups (broad SMARTS) is 1. The fourth-order valence-corrected chi connectivity index (χ4v) is 1.65. The molecule has 1 aromatic carbocycles. The molecule has 2 rings (SSSR count). The molecule has 1 aromatic heterocycles. The van der Waals surface area contributed by atoms with E-state index < -0.39 is 5.97 Å². The maximum atomic E-state index is 10.7. The zero-order valence-electron chi connectivity index (χ0n) is 10.7. The highest BCUT2D eigenvalue weighted by Crippen LogP contribution is 2.22. The van der Waals surface area contributed by atoms with Gasteiger partial charge >= 0.3 is 5.97 Å². The van der Waals surface area contributed by atoms with Crippen LogP contribution in [0.1, 0.15) is 23.8 Å². The van der Waals surface area contributed by atoms with E-state index in [2.05, 4.69) is 11.9 Å². The van der Waals surface area contributed by atoms with Gasteiger partial charge in [0.15, 0.2) is 0 Å². The molecule has 19 heavy (non-hydrogen) atoms. The number of carboxylic acids is 1. The van der Waals surface area contributed by atoms with Gasteiger partial charge in [0.1, 0.15) is 11.4 Å². The lowest BCUT2D eigenvalue weighted by atomic mass is 10.1. The lowest BCUT2D eigenvalue weighted by Crippen LogP contribution is -1.99. The molecule has 0 spiro atoms. The predicted octanol–water partition coefficient (Wildman–Crippen LogP) is 3.24. The van der Waals surface area contributed by atoms with Gasteiger partial charge in [-0.1, -0.05) is 25.1 Å². The van der Waals surface area contributed by atoms with E-state index in [1.54, 1.807) is 12.3 Å². The number of aromatic carboxylic acids is 1. The van der Waals surface area contributed by atoms with Crippen molar-refractivity contribution in [1.82, 2.24) is 4.98 Å². The van der Waals surface area contributed by atoms with Crippen LogP contribution in [0.4, 0.5) is 0 Å². The third kappa shape index (κ3) is 3.31. The topological polar surface area (TPSA) is 59.4 Å². The van der Waals surface area contributed by atoms with Crippen LogP contribution in [0.25, 0.3) is 11.1 Å². The fourth-order valence-electron chi connectivity index (χ4n) is 1.65. The fraction of sp³-hybridized carbons (Fsp3) is 0.200. The minimum atomic E-state index is -1.02. The zero-order chi connectivity index (χ0) is 13.7. The van der Waals surface area contributed by atoms with Crippen LogP contribution in [0, 0.1) is 0 Å². The first kappa shape index (κ1) is 13.1. The molecule has 4 nitrogen and oxygen atoms in total. The van der Waals surface area contributed by atoms with Crippen LogP contribution in [-0.4, -0.2) is 22.7 Å². The molecule has 0 atom stereocenters. The van der Waals surface area contributed by atoms with Gasteiger partial charge in [-0.2, -0.15) is 0 Å². The van der Waals surface area contributed by atoms with Crippen LogP contribution < -0.4 is 4.74 Å². The quantitative estimate of drug-likeness (QED) is 0.893. The highest BCUT2D eigenvalue weighted by Gasteiger charge is 2.04. The van der Waals surface area contributed by atoms with Crippen LogP contribution in [0.15, 0.2) is 42.6 Å². The van der Waals surface area contributed by atoms with Crippen molar-refractivity contribution >= 4 is 5.97 Å². The van der Waals surface area contributed by atoms with Crippen molar-refractivity contribution in [2.45, 2.75) is 13.3 Å². The summed E-state index contributed by atoms with van der Waals surface area (Å²) < 4.78 is 5.50. The number of carbonyl (C=O) groups is 1. The third-order valence-corrected chi connectivity index (χ3v) is 2.64. The smallest absolute Gasteiger partial charge is 0.354 e. The van der Waals surface area contributed by atoms with Crippen molar-refractivity contribution in [2.24, 2.45) is 0 Å². The van der Waals surface area contributed by atoms with Crippen molar-refractivity contribution in [2.75, 3.05) is 6.61 Å². The summed E-state index contributed by atoms with van der Waals surface area (Å²) in [5.41, 5.74) is 1.91. The number of pyridine rings is 1. The Morgan fingerprint density at radius 1 is 1.16 bits per heavy atom. The van der Waals surface area contributed by atoms with Gasteiger partial charge in [-0.25, -0.2) is 9.78 Å². The minimum Gasteiger partial charge on any atom is -0.494 e. The summed E-state index contributed by atoms with van der Waals surface area (Å²) in [5, 5.41) is 8.79. The van der Waals surface area contributed by atoms with E-state index >= 15 is 0 Å². The molecule has 0 saturated carbocycles. The van der Waals surface area contributed by atoms with Crippen LogP contribution in [0.3, 0.4) is 0 Å². The summed E-state index contributed by atoms with van der Waals surface area (Å²) in [5.74, 6) is -0.185. The van der Waals surface area contributed by atoms with E-state index in [1.807, 2.05) is 24.3 Å². The molecule has 1 heterocycles. The normalized spacial score (nSPS) is 10.2. The maximum absolute atomic E-state index is 10.7. The number of rotatable bonds is 5. The first-order valence-electron chi connectivity index (χ1n) is 6.13. The van der Waals surface area contributed by atoms with Gasteiger partial charge in [-0.05, 0) is 30.2 Å². The molecule has 0 aliphatic rings. The van der Waals surface area contributed by atoms with E-state index in [-0.39, 0.29) is 5.69 Å². The highest BCUT2D eigenvalue weighted by atomic mass is 16.5. The van der Waals surface area contributed by atoms with Gasteiger partial charge in [0.2, 0.25) is 0 Å². The Hall–Kier alpha value is -2.36. The Bertz CT molecular complexity index is 547. The molecular formula is C15H15NO3. The van der Waals surface area contributed by atoms with E-state index in [1.165, 1.54) is 6.07 Å². The SMILES string of the molecule is CCCOc1ccc(-c2ccc(C(=O)O)nc2)cc1. The second kappa shape index (κ2) is 6.00. The number of hydrogen-bond donors (Lipinski definition) is 1. The molecule has 4 heteroatoms. The molecule has 0 unspecified atom stereocenters. The van der Waals surface area contributed by atoms with E-state index in [4.69, 9.17) is 9.84 Å². The Kier molecular flexibility index (Phi) is 4.13. The highest BCUT2D eigenvalue weighted by molar-refractivity contribution is 5.85. The summed E-state index contributed by atoms with van der Waals surface area (Å²) in [6.45, 7) is 2.76. The molecule has 2 aromatic rings. The largest absolute Gasteiger partial charge is 0.494 e. The average molecular weight is 257 g/mol. The summed E-state index contributed by atoms with van der Waals surface area (Å²) in [6, 6.07) is 10.9. The second-order valence-corrected chi connectivity index (χ2v) is 4.11. The number of aromatic nitrogens is 1. The maximum Gasteiger partial charge on any atom is 0.354 e. The molecule has 0 amide bonds. The second-order valence-electron chi connectivity index (χ2n) is 4.11. The lowest BCUT2D eigenvalue weighted by Gasteiger charge is -2.06. The molecular weight excluding hydrogens is 242 g/mol. The van der Waals surface area contributed by atoms with Crippen molar-refractivity contribution in [1.29, 1.82) is 0 Å². The molecule has 0 bridgehead atoms. The molecule has 0 radical (unpaired) electrons. The van der Waals surface area contributed by atoms with Crippen molar-refractivity contribution in [3.8, 4) is 16.9 Å². The van der Waals surface area contributed by atoms with Crippen molar-refractivity contribution in [3.63, 3.8) is 0 Å². The Labute approximate surface area is 111 Å². The summed E-state index contributed by atoms with van der Waals surface area (Å²) in [6.07, 6.45) is 2.54. The number of benzene rings is 1. The zero-order valence-corrected chi connectivity index (χ0v) is 10.7. The first-order valence-corrected chi connectivity index (χ1v) is 6.13. The van der Waals surface area contributed by atoms with Gasteiger partial charge in [0.05, 0.1) is 6.61 Å². The van der Waals surface area contributed by atoms with Gasteiger partial charge in [-0.15, -0.1) is 0 Å². The number of hydrogen-bond acceptors (Lipinski definition) is 3. The lowest BCUT2D eigenvalue weighted by molar-refractivity contribution is 0.0690. The summed E-state index contributed by atoms with van der Waals surface area (Å²) in [7, 11) is 0. The van der Waals surface area contributed by atoms with Crippen molar-refractivity contribution < 1.29 is 14.6 Å². The van der Waals surface area contributed by atoms with Gasteiger partial charge in [0.25, 0.3) is 0 Å². The van der Waals surface area contributed by atoms with Crippen LogP contribution in [0.2, 0.25) is 0 Å². The van der Waals surface area contributed by atoms with Gasteiger partial charge < -0.3 is 9.84 Å². The van der Waals surface area contributed by atoms with Crippen molar-refractivity contribution in [3.05, 3.63) is 48.3 Å². The standard InChI is InChI=1S/C15H15NO3/c1-2-9-19-13-6-3-11(4-7-13)12-5-8-14(15(17)18)16-10-12/h3-8,10H,2,9H2,1H3,(H,17,18). The Morgan fingerprint density at radius 3 is 2.37 bits per heavy atom. The van der Waals surface area contributed by atoms with Crippen LogP contribution >= 0.6 is 0 Å². The van der Waals surface area contributed by atoms with E-state index in [9.17, 15) is 4.79 Å². The summed E-state index contributed by atoms with van der Waals surface area (Å²) >= 11 is 0. The molecule has 98 valence electrons. The van der Waals surface area contributed by atoms with Gasteiger partial charge in [-0.3, -0.25) is 0 Å². The number of ether oxygens (including phenoxy) is 1. The molecule has 0 fully saturated rings. The molecule has 0 aliphatic carbocycles. The third-order valence-electron chi connectivity index (χ3n) is 2.64. The Balaban J connectivity index is 2.15. The van der Waals surface area contributed by atoms with Crippen LogP contribution in [-0.2, 0) is 0 Å². The average Bonchev–Trinajstić information content (AvgIpc) is 2.46.